The number of hydrogen-bond acceptors (Lipinski definition) is 2. The van der Waals surface area contributed by atoms with E-state index in [0.29, 0.717) is 31.6 Å². The van der Waals surface area contributed by atoms with Crippen molar-refractivity contribution >= 4 is 11.8 Å². The molecule has 0 aromatic heterocycles. The van der Waals surface area contributed by atoms with Crippen LogP contribution in [0.25, 0.3) is 0 Å². The monoisotopic (exact) mass is 380 g/mol. The van der Waals surface area contributed by atoms with E-state index in [1.807, 2.05) is 47.1 Å². The molecule has 0 saturated carbocycles. The zero-order valence-electron chi connectivity index (χ0n) is 16.1. The van der Waals surface area contributed by atoms with Gasteiger partial charge in [-0.3, -0.25) is 9.59 Å². The van der Waals surface area contributed by atoms with Gasteiger partial charge in [-0.25, -0.2) is 4.39 Å². The van der Waals surface area contributed by atoms with Crippen LogP contribution in [0.2, 0.25) is 0 Å². The molecule has 2 aromatic carbocycles. The molecule has 28 heavy (non-hydrogen) atoms. The lowest BCUT2D eigenvalue weighted by molar-refractivity contribution is -0.133. The van der Waals surface area contributed by atoms with Crippen molar-refractivity contribution in [1.29, 1.82) is 0 Å². The Morgan fingerprint density at radius 1 is 1.14 bits per heavy atom. The molecule has 2 saturated heterocycles. The number of hydrogen-bond donors (Lipinski definition) is 0. The maximum atomic E-state index is 13.6. The summed E-state index contributed by atoms with van der Waals surface area (Å²) in [6.07, 6.45) is 2.30. The number of halogens is 1. The van der Waals surface area contributed by atoms with Crippen LogP contribution >= 0.6 is 0 Å². The zero-order valence-corrected chi connectivity index (χ0v) is 16.1. The topological polar surface area (TPSA) is 40.6 Å². The highest BCUT2D eigenvalue weighted by Gasteiger charge is 2.41. The zero-order chi connectivity index (χ0) is 19.7. The van der Waals surface area contributed by atoms with Crippen LogP contribution in [0, 0.1) is 18.7 Å². The number of carbonyl (C=O) groups is 2. The van der Waals surface area contributed by atoms with E-state index in [9.17, 15) is 14.0 Å². The van der Waals surface area contributed by atoms with E-state index in [1.54, 1.807) is 6.07 Å². The van der Waals surface area contributed by atoms with Crippen LogP contribution < -0.4 is 0 Å². The van der Waals surface area contributed by atoms with Gasteiger partial charge < -0.3 is 9.80 Å². The van der Waals surface area contributed by atoms with Gasteiger partial charge in [-0.15, -0.1) is 0 Å². The van der Waals surface area contributed by atoms with Crippen molar-refractivity contribution in [2.75, 3.05) is 13.1 Å². The van der Waals surface area contributed by atoms with Gasteiger partial charge in [-0.1, -0.05) is 29.8 Å². The number of amides is 2. The van der Waals surface area contributed by atoms with Crippen LogP contribution in [0.3, 0.4) is 0 Å². The summed E-state index contributed by atoms with van der Waals surface area (Å²) in [5, 5.41) is 0. The van der Waals surface area contributed by atoms with Crippen LogP contribution in [0.15, 0.2) is 48.5 Å². The van der Waals surface area contributed by atoms with Gasteiger partial charge in [0.1, 0.15) is 5.82 Å². The molecule has 2 heterocycles. The second kappa shape index (κ2) is 7.74. The fourth-order valence-electron chi connectivity index (χ4n) is 4.50. The molecule has 0 radical (unpaired) electrons. The highest BCUT2D eigenvalue weighted by Crippen LogP contribution is 2.32. The van der Waals surface area contributed by atoms with Crippen LogP contribution in [0.5, 0.6) is 0 Å². The second-order valence-corrected chi connectivity index (χ2v) is 7.95. The molecule has 2 atom stereocenters. The smallest absolute Gasteiger partial charge is 0.253 e. The van der Waals surface area contributed by atoms with E-state index in [4.69, 9.17) is 0 Å². The fraction of sp³-hybridized carbons (Fsp3) is 0.391. The van der Waals surface area contributed by atoms with Crippen LogP contribution in [-0.4, -0.2) is 40.7 Å². The Hall–Kier alpha value is -2.69. The maximum absolute atomic E-state index is 13.6. The second-order valence-electron chi connectivity index (χ2n) is 7.95. The Morgan fingerprint density at radius 2 is 1.96 bits per heavy atom. The summed E-state index contributed by atoms with van der Waals surface area (Å²) in [6.45, 7) is 3.58. The van der Waals surface area contributed by atoms with Gasteiger partial charge in [-0.2, -0.15) is 0 Å². The minimum atomic E-state index is -0.293. The van der Waals surface area contributed by atoms with Crippen molar-refractivity contribution in [2.24, 2.45) is 5.92 Å². The van der Waals surface area contributed by atoms with Gasteiger partial charge in [0.2, 0.25) is 5.91 Å². The first-order valence-electron chi connectivity index (χ1n) is 9.91. The predicted molar refractivity (Wildman–Crippen MR) is 105 cm³/mol. The van der Waals surface area contributed by atoms with E-state index in [-0.39, 0.29) is 29.6 Å². The Kier molecular flexibility index (Phi) is 5.16. The number of aryl methyl sites for hydroxylation is 1. The number of benzene rings is 2. The van der Waals surface area contributed by atoms with E-state index < -0.39 is 0 Å². The van der Waals surface area contributed by atoms with Crippen LogP contribution in [0.4, 0.5) is 4.39 Å². The first kappa shape index (κ1) is 18.7. The molecule has 0 N–H and O–H groups in total. The number of rotatable bonds is 3. The summed E-state index contributed by atoms with van der Waals surface area (Å²) >= 11 is 0. The number of carbonyl (C=O) groups excluding carboxylic acids is 2. The average molecular weight is 380 g/mol. The molecule has 0 aliphatic carbocycles. The molecule has 2 aliphatic rings. The van der Waals surface area contributed by atoms with Crippen molar-refractivity contribution in [1.82, 2.24) is 9.80 Å². The molecule has 146 valence electrons. The highest BCUT2D eigenvalue weighted by atomic mass is 19.1. The molecule has 4 rings (SSSR count). The third kappa shape index (κ3) is 3.79. The molecule has 2 fully saturated rings. The maximum Gasteiger partial charge on any atom is 0.253 e. The molecule has 0 bridgehead atoms. The van der Waals surface area contributed by atoms with Crippen LogP contribution in [0.1, 0.15) is 40.7 Å². The Labute approximate surface area is 164 Å². The van der Waals surface area contributed by atoms with Gasteiger partial charge >= 0.3 is 0 Å². The van der Waals surface area contributed by atoms with Gasteiger partial charge in [-0.05, 0) is 55.5 Å². The third-order valence-electron chi connectivity index (χ3n) is 5.89. The molecular weight excluding hydrogens is 355 g/mol. The third-order valence-corrected chi connectivity index (χ3v) is 5.89. The minimum absolute atomic E-state index is 0.00738. The Balaban J connectivity index is 1.55. The van der Waals surface area contributed by atoms with E-state index in [1.165, 1.54) is 12.1 Å². The summed E-state index contributed by atoms with van der Waals surface area (Å²) < 4.78 is 13.6. The normalized spacial score (nSPS) is 22.1. The lowest BCUT2D eigenvalue weighted by Gasteiger charge is -2.30. The van der Waals surface area contributed by atoms with Crippen molar-refractivity contribution in [3.63, 3.8) is 0 Å². The molecule has 4 nitrogen and oxygen atoms in total. The van der Waals surface area contributed by atoms with Gasteiger partial charge in [0.15, 0.2) is 0 Å². The van der Waals surface area contributed by atoms with Crippen LogP contribution in [-0.2, 0) is 11.3 Å². The standard InChI is InChI=1S/C23H25FN2O2/c1-16-5-2-7-18(11-16)23(28)25-14-19-8-4-10-22(27)26(21(19)15-25)13-17-6-3-9-20(24)12-17/h2-3,5-7,9,11-12,19,21H,4,8,10,13-15H2,1H3. The summed E-state index contributed by atoms with van der Waals surface area (Å²) in [7, 11) is 0. The molecule has 2 aliphatic heterocycles. The Bertz CT molecular complexity index is 898. The number of fused-ring (bicyclic) bond motifs is 1. The van der Waals surface area contributed by atoms with Crippen molar-refractivity contribution in [2.45, 2.75) is 38.8 Å². The summed E-state index contributed by atoms with van der Waals surface area (Å²) in [4.78, 5) is 29.5. The number of nitrogens with zero attached hydrogens (tertiary/aromatic N) is 2. The minimum Gasteiger partial charge on any atom is -0.336 e. The molecule has 2 amide bonds. The summed E-state index contributed by atoms with van der Waals surface area (Å²) in [5.41, 5.74) is 2.54. The predicted octanol–water partition coefficient (Wildman–Crippen LogP) is 3.79. The van der Waals surface area contributed by atoms with Crippen molar-refractivity contribution in [3.05, 3.63) is 71.0 Å². The molecule has 5 heteroatoms. The van der Waals surface area contributed by atoms with Gasteiger partial charge in [0.25, 0.3) is 5.91 Å². The van der Waals surface area contributed by atoms with Crippen molar-refractivity contribution in [3.8, 4) is 0 Å². The fourth-order valence-corrected chi connectivity index (χ4v) is 4.50. The SMILES string of the molecule is Cc1cccc(C(=O)N2CC3CCCC(=O)N(Cc4cccc(F)c4)C3C2)c1. The highest BCUT2D eigenvalue weighted by molar-refractivity contribution is 5.94. The summed E-state index contributed by atoms with van der Waals surface area (Å²) in [6, 6.07) is 14.0. The average Bonchev–Trinajstić information content (AvgIpc) is 3.03. The first-order valence-corrected chi connectivity index (χ1v) is 9.91. The van der Waals surface area contributed by atoms with Crippen molar-refractivity contribution < 1.29 is 14.0 Å². The van der Waals surface area contributed by atoms with E-state index in [2.05, 4.69) is 0 Å². The van der Waals surface area contributed by atoms with Gasteiger partial charge in [0, 0.05) is 31.6 Å². The Morgan fingerprint density at radius 3 is 2.75 bits per heavy atom. The number of likely N-dealkylation sites (tertiary alicyclic amines) is 2. The molecule has 2 aromatic rings. The summed E-state index contributed by atoms with van der Waals surface area (Å²) in [5.74, 6) is 0.101. The molecule has 0 spiro atoms. The lowest BCUT2D eigenvalue weighted by Crippen LogP contribution is -2.43. The molecule has 2 unspecified atom stereocenters. The molecular formula is C23H25FN2O2. The largest absolute Gasteiger partial charge is 0.336 e. The quantitative estimate of drug-likeness (QED) is 0.813. The van der Waals surface area contributed by atoms with E-state index in [0.717, 1.165) is 24.0 Å². The lowest BCUT2D eigenvalue weighted by atomic mass is 9.98. The van der Waals surface area contributed by atoms with Gasteiger partial charge in [0.05, 0.1) is 6.04 Å². The van der Waals surface area contributed by atoms with E-state index >= 15 is 0 Å². The first-order chi connectivity index (χ1) is 13.5.